The molecule has 3 heteroatoms. The molecule has 4 aliphatic rings. The second-order valence-corrected chi connectivity index (χ2v) is 12.4. The van der Waals surface area contributed by atoms with Crippen molar-refractivity contribution in [1.29, 1.82) is 0 Å². The molecule has 4 aliphatic carbocycles. The molecule has 3 saturated carbocycles. The third-order valence-corrected chi connectivity index (χ3v) is 10.6. The standard InChI is InChI=1S/C27H45FO2/c1-17(9-14-23(29)25(2,3)28)20-12-13-21-19-11-10-18-7-6-8-24(30)27(18,5)22(19)15-16-26(20,21)4/h10,17,19-24,29-30H,6-9,11-16H2,1-5H3/t17-,19+,20-,21+,22+,23?,24+,26-,27+/m1/s1. The monoisotopic (exact) mass is 420 g/mol. The molecule has 0 aliphatic heterocycles. The topological polar surface area (TPSA) is 40.5 Å². The lowest BCUT2D eigenvalue weighted by Gasteiger charge is -2.59. The van der Waals surface area contributed by atoms with Crippen LogP contribution in [0.1, 0.15) is 98.8 Å². The lowest BCUT2D eigenvalue weighted by Crippen LogP contribution is -2.54. The van der Waals surface area contributed by atoms with Crippen LogP contribution < -0.4 is 0 Å². The van der Waals surface area contributed by atoms with Gasteiger partial charge in [0.25, 0.3) is 0 Å². The van der Waals surface area contributed by atoms with Crippen molar-refractivity contribution in [2.45, 2.75) is 117 Å². The van der Waals surface area contributed by atoms with Gasteiger partial charge in [0.1, 0.15) is 5.67 Å². The summed E-state index contributed by atoms with van der Waals surface area (Å²) >= 11 is 0. The van der Waals surface area contributed by atoms with Gasteiger partial charge in [-0.25, -0.2) is 4.39 Å². The molecule has 0 aromatic carbocycles. The van der Waals surface area contributed by atoms with E-state index in [1.807, 2.05) is 0 Å². The summed E-state index contributed by atoms with van der Waals surface area (Å²) in [6.45, 7) is 10.2. The fourth-order valence-electron chi connectivity index (χ4n) is 8.66. The summed E-state index contributed by atoms with van der Waals surface area (Å²) in [6, 6.07) is 0. The van der Waals surface area contributed by atoms with Crippen LogP contribution in [0.5, 0.6) is 0 Å². The minimum absolute atomic E-state index is 0.00299. The van der Waals surface area contributed by atoms with E-state index in [1.54, 1.807) is 5.57 Å². The van der Waals surface area contributed by atoms with Crippen LogP contribution >= 0.6 is 0 Å². The molecule has 2 N–H and O–H groups in total. The van der Waals surface area contributed by atoms with E-state index in [-0.39, 0.29) is 11.5 Å². The Morgan fingerprint density at radius 1 is 1.13 bits per heavy atom. The molecule has 2 nitrogen and oxygen atoms in total. The molecule has 4 rings (SSSR count). The first-order chi connectivity index (χ1) is 14.0. The van der Waals surface area contributed by atoms with E-state index in [2.05, 4.69) is 26.8 Å². The molecule has 0 saturated heterocycles. The lowest BCUT2D eigenvalue weighted by atomic mass is 9.46. The van der Waals surface area contributed by atoms with E-state index in [1.165, 1.54) is 52.4 Å². The smallest absolute Gasteiger partial charge is 0.131 e. The first kappa shape index (κ1) is 22.8. The number of rotatable bonds is 5. The molecule has 0 aromatic heterocycles. The Labute approximate surface area is 183 Å². The molecule has 0 heterocycles. The summed E-state index contributed by atoms with van der Waals surface area (Å²) in [4.78, 5) is 0. The number of hydrogen-bond acceptors (Lipinski definition) is 2. The Balaban J connectivity index is 1.49. The second-order valence-electron chi connectivity index (χ2n) is 12.4. The summed E-state index contributed by atoms with van der Waals surface area (Å²) in [6.07, 6.45) is 12.5. The zero-order valence-corrected chi connectivity index (χ0v) is 20.0. The number of aliphatic hydroxyl groups excluding tert-OH is 2. The number of aliphatic hydroxyl groups is 2. The number of alkyl halides is 1. The molecule has 30 heavy (non-hydrogen) atoms. The van der Waals surface area contributed by atoms with Gasteiger partial charge in [-0.3, -0.25) is 0 Å². The predicted molar refractivity (Wildman–Crippen MR) is 121 cm³/mol. The average molecular weight is 421 g/mol. The molecule has 0 aromatic rings. The van der Waals surface area contributed by atoms with Gasteiger partial charge in [-0.1, -0.05) is 32.4 Å². The number of halogens is 1. The third-order valence-electron chi connectivity index (χ3n) is 10.6. The van der Waals surface area contributed by atoms with Gasteiger partial charge in [0, 0.05) is 5.41 Å². The van der Waals surface area contributed by atoms with Crippen molar-refractivity contribution in [1.82, 2.24) is 0 Å². The van der Waals surface area contributed by atoms with Gasteiger partial charge in [0.05, 0.1) is 12.2 Å². The highest BCUT2D eigenvalue weighted by Crippen LogP contribution is 2.67. The zero-order valence-electron chi connectivity index (χ0n) is 20.0. The normalized spacial score (nSPS) is 45.7. The maximum Gasteiger partial charge on any atom is 0.131 e. The van der Waals surface area contributed by atoms with Crippen LogP contribution in [0.15, 0.2) is 11.6 Å². The van der Waals surface area contributed by atoms with Gasteiger partial charge < -0.3 is 10.2 Å². The molecule has 3 fully saturated rings. The second kappa shape index (κ2) is 7.87. The summed E-state index contributed by atoms with van der Waals surface area (Å²) in [7, 11) is 0. The molecular formula is C27H45FO2. The highest BCUT2D eigenvalue weighted by Gasteiger charge is 2.60. The van der Waals surface area contributed by atoms with Crippen LogP contribution in [-0.2, 0) is 0 Å². The van der Waals surface area contributed by atoms with Crippen LogP contribution in [-0.4, -0.2) is 28.1 Å². The Morgan fingerprint density at radius 3 is 2.57 bits per heavy atom. The summed E-state index contributed by atoms with van der Waals surface area (Å²) < 4.78 is 14.1. The Bertz CT molecular complexity index is 666. The van der Waals surface area contributed by atoms with Crippen molar-refractivity contribution >= 4 is 0 Å². The SMILES string of the molecule is C[C@H](CCC(O)C(C)(C)F)[C@H]1CC[C@H]2[C@@H]3CC=C4CCC[C@H](O)[C@]4(C)[C@H]3CC[C@]12C. The molecule has 0 spiro atoms. The lowest BCUT2D eigenvalue weighted by molar-refractivity contribution is -0.0935. The minimum Gasteiger partial charge on any atom is -0.392 e. The molecule has 0 amide bonds. The summed E-state index contributed by atoms with van der Waals surface area (Å²) in [5, 5.41) is 21.2. The molecular weight excluding hydrogens is 375 g/mol. The van der Waals surface area contributed by atoms with Crippen molar-refractivity contribution in [2.24, 2.45) is 40.4 Å². The Kier molecular flexibility index (Phi) is 5.97. The molecule has 1 unspecified atom stereocenters. The first-order valence-corrected chi connectivity index (χ1v) is 12.7. The number of hydrogen-bond donors (Lipinski definition) is 2. The van der Waals surface area contributed by atoms with Gasteiger partial charge in [-0.2, -0.15) is 0 Å². The Morgan fingerprint density at radius 2 is 1.87 bits per heavy atom. The van der Waals surface area contributed by atoms with Gasteiger partial charge in [0.15, 0.2) is 0 Å². The fourth-order valence-corrected chi connectivity index (χ4v) is 8.66. The van der Waals surface area contributed by atoms with Gasteiger partial charge in [0.2, 0.25) is 0 Å². The number of allylic oxidation sites excluding steroid dienone is 1. The van der Waals surface area contributed by atoms with Crippen LogP contribution in [0.4, 0.5) is 4.39 Å². The van der Waals surface area contributed by atoms with Crippen molar-refractivity contribution < 1.29 is 14.6 Å². The highest BCUT2D eigenvalue weighted by molar-refractivity contribution is 5.26. The summed E-state index contributed by atoms with van der Waals surface area (Å²) in [5.74, 6) is 3.29. The van der Waals surface area contributed by atoms with Crippen LogP contribution in [0, 0.1) is 40.4 Å². The predicted octanol–water partition coefficient (Wildman–Crippen LogP) is 6.45. The van der Waals surface area contributed by atoms with E-state index in [0.29, 0.717) is 35.5 Å². The van der Waals surface area contributed by atoms with E-state index < -0.39 is 11.8 Å². The zero-order chi connectivity index (χ0) is 21.9. The molecule has 9 atom stereocenters. The van der Waals surface area contributed by atoms with E-state index in [4.69, 9.17) is 0 Å². The van der Waals surface area contributed by atoms with E-state index in [9.17, 15) is 14.6 Å². The highest BCUT2D eigenvalue weighted by atomic mass is 19.1. The van der Waals surface area contributed by atoms with Crippen LogP contribution in [0.3, 0.4) is 0 Å². The van der Waals surface area contributed by atoms with Crippen LogP contribution in [0.2, 0.25) is 0 Å². The van der Waals surface area contributed by atoms with Crippen molar-refractivity contribution in [3.05, 3.63) is 11.6 Å². The maximum atomic E-state index is 14.1. The third kappa shape index (κ3) is 3.51. The Hall–Kier alpha value is -0.410. The van der Waals surface area contributed by atoms with Crippen molar-refractivity contribution in [3.8, 4) is 0 Å². The maximum absolute atomic E-state index is 14.1. The number of fused-ring (bicyclic) bond motifs is 5. The van der Waals surface area contributed by atoms with Gasteiger partial charge in [-0.15, -0.1) is 0 Å². The minimum atomic E-state index is -1.51. The molecule has 172 valence electrons. The van der Waals surface area contributed by atoms with E-state index >= 15 is 0 Å². The van der Waals surface area contributed by atoms with Crippen molar-refractivity contribution in [3.63, 3.8) is 0 Å². The van der Waals surface area contributed by atoms with E-state index in [0.717, 1.165) is 25.2 Å². The first-order valence-electron chi connectivity index (χ1n) is 12.7. The van der Waals surface area contributed by atoms with Crippen molar-refractivity contribution in [2.75, 3.05) is 0 Å². The quantitative estimate of drug-likeness (QED) is 0.502. The van der Waals surface area contributed by atoms with Gasteiger partial charge in [-0.05, 0) is 113 Å². The fraction of sp³-hybridized carbons (Fsp3) is 0.926. The molecule has 0 radical (unpaired) electrons. The summed E-state index contributed by atoms with van der Waals surface area (Å²) in [5.41, 5.74) is 0.403. The van der Waals surface area contributed by atoms with Crippen LogP contribution in [0.25, 0.3) is 0 Å². The van der Waals surface area contributed by atoms with Gasteiger partial charge >= 0.3 is 0 Å². The largest absolute Gasteiger partial charge is 0.392 e. The molecule has 0 bridgehead atoms. The average Bonchev–Trinajstić information content (AvgIpc) is 3.03.